The van der Waals surface area contributed by atoms with E-state index in [2.05, 4.69) is 0 Å². The zero-order valence-electron chi connectivity index (χ0n) is 12.3. The molecule has 1 aromatic carbocycles. The molecule has 0 fully saturated rings. The summed E-state index contributed by atoms with van der Waals surface area (Å²) in [5.74, 6) is -2.09. The first-order chi connectivity index (χ1) is 9.70. The molecule has 0 heterocycles. The molecule has 0 atom stereocenters. The van der Waals surface area contributed by atoms with E-state index in [4.69, 9.17) is 16.7 Å². The average Bonchev–Trinajstić information content (AvgIpc) is 2.36. The van der Waals surface area contributed by atoms with Crippen LogP contribution in [0.25, 0.3) is 0 Å². The number of nitrogens with zero attached hydrogens (tertiary/aromatic N) is 1. The Morgan fingerprint density at radius 3 is 2.48 bits per heavy atom. The summed E-state index contributed by atoms with van der Waals surface area (Å²) in [6.07, 6.45) is 0.623. The van der Waals surface area contributed by atoms with Crippen LogP contribution in [0.4, 0.5) is 4.39 Å². The maximum atomic E-state index is 14.0. The first-order valence-electron chi connectivity index (χ1n) is 6.66. The summed E-state index contributed by atoms with van der Waals surface area (Å²) in [5.41, 5.74) is -0.970. The predicted molar refractivity (Wildman–Crippen MR) is 78.9 cm³/mol. The molecule has 0 aliphatic carbocycles. The van der Waals surface area contributed by atoms with E-state index < -0.39 is 29.7 Å². The van der Waals surface area contributed by atoms with Gasteiger partial charge in [0, 0.05) is 17.1 Å². The topological polar surface area (TPSA) is 57.6 Å². The number of carbonyl (C=O) groups excluding carboxylic acids is 1. The lowest BCUT2D eigenvalue weighted by molar-refractivity contribution is -0.146. The van der Waals surface area contributed by atoms with Gasteiger partial charge in [0.15, 0.2) is 0 Å². The molecule has 4 nitrogen and oxygen atoms in total. The Bertz CT molecular complexity index is 546. The Balaban J connectivity index is 3.13. The van der Waals surface area contributed by atoms with Crippen molar-refractivity contribution in [3.05, 3.63) is 34.6 Å². The summed E-state index contributed by atoms with van der Waals surface area (Å²) in [6, 6.07) is 4.12. The van der Waals surface area contributed by atoms with E-state index in [0.717, 1.165) is 6.07 Å². The van der Waals surface area contributed by atoms with Gasteiger partial charge in [0.25, 0.3) is 0 Å². The Morgan fingerprint density at radius 2 is 2.00 bits per heavy atom. The normalized spacial score (nSPS) is 11.3. The molecule has 1 amide bonds. The second-order valence-corrected chi connectivity index (χ2v) is 5.81. The molecule has 0 saturated carbocycles. The number of hydrogen-bond donors (Lipinski definition) is 1. The molecule has 0 aromatic heterocycles. The zero-order valence-corrected chi connectivity index (χ0v) is 13.1. The standard InChI is InChI=1S/C15H19ClFNO3/c1-4-7-18(9-13(19)20)14(21)15(2,3)11-6-5-10(16)8-12(11)17/h5-6,8H,4,7,9H2,1-3H3,(H,19,20). The lowest BCUT2D eigenvalue weighted by Crippen LogP contribution is -2.46. The molecule has 116 valence electrons. The molecule has 1 aromatic rings. The second-order valence-electron chi connectivity index (χ2n) is 5.37. The number of carbonyl (C=O) groups is 2. The van der Waals surface area contributed by atoms with Crippen LogP contribution < -0.4 is 0 Å². The van der Waals surface area contributed by atoms with E-state index in [-0.39, 0.29) is 10.6 Å². The van der Waals surface area contributed by atoms with E-state index in [0.29, 0.717) is 13.0 Å². The second kappa shape index (κ2) is 6.89. The SMILES string of the molecule is CCCN(CC(=O)O)C(=O)C(C)(C)c1ccc(Cl)cc1F. The van der Waals surface area contributed by atoms with Crippen LogP contribution in [0.5, 0.6) is 0 Å². The van der Waals surface area contributed by atoms with Crippen molar-refractivity contribution in [3.8, 4) is 0 Å². The Kier molecular flexibility index (Phi) is 5.72. The van der Waals surface area contributed by atoms with Crippen LogP contribution in [0.1, 0.15) is 32.8 Å². The van der Waals surface area contributed by atoms with Crippen molar-refractivity contribution < 1.29 is 19.1 Å². The lowest BCUT2D eigenvalue weighted by Gasteiger charge is -2.31. The lowest BCUT2D eigenvalue weighted by atomic mass is 9.82. The quantitative estimate of drug-likeness (QED) is 0.877. The van der Waals surface area contributed by atoms with Crippen LogP contribution in [-0.4, -0.2) is 35.0 Å². The van der Waals surface area contributed by atoms with Crippen molar-refractivity contribution in [3.63, 3.8) is 0 Å². The van der Waals surface area contributed by atoms with Gasteiger partial charge in [0.2, 0.25) is 5.91 Å². The maximum absolute atomic E-state index is 14.0. The van der Waals surface area contributed by atoms with Gasteiger partial charge in [0.1, 0.15) is 12.4 Å². The van der Waals surface area contributed by atoms with Crippen LogP contribution in [0.3, 0.4) is 0 Å². The van der Waals surface area contributed by atoms with Gasteiger partial charge in [-0.05, 0) is 32.4 Å². The molecule has 21 heavy (non-hydrogen) atoms. The molecule has 0 saturated heterocycles. The minimum absolute atomic E-state index is 0.198. The highest BCUT2D eigenvalue weighted by Crippen LogP contribution is 2.29. The minimum Gasteiger partial charge on any atom is -0.480 e. The summed E-state index contributed by atoms with van der Waals surface area (Å²) in [6.45, 7) is 4.91. The molecular weight excluding hydrogens is 297 g/mol. The number of aliphatic carboxylic acids is 1. The number of carboxylic acids is 1. The molecule has 0 aliphatic rings. The number of halogens is 2. The van der Waals surface area contributed by atoms with Crippen LogP contribution in [-0.2, 0) is 15.0 Å². The average molecular weight is 316 g/mol. The van der Waals surface area contributed by atoms with Crippen molar-refractivity contribution in [2.24, 2.45) is 0 Å². The monoisotopic (exact) mass is 315 g/mol. The van der Waals surface area contributed by atoms with Crippen LogP contribution in [0, 0.1) is 5.82 Å². The van der Waals surface area contributed by atoms with Crippen LogP contribution >= 0.6 is 11.6 Å². The Hall–Kier alpha value is -1.62. The van der Waals surface area contributed by atoms with Gasteiger partial charge in [-0.2, -0.15) is 0 Å². The number of carboxylic acid groups (broad SMARTS) is 1. The fraction of sp³-hybridized carbons (Fsp3) is 0.467. The van der Waals surface area contributed by atoms with Crippen molar-refractivity contribution in [1.29, 1.82) is 0 Å². The Morgan fingerprint density at radius 1 is 1.38 bits per heavy atom. The fourth-order valence-corrected chi connectivity index (χ4v) is 2.35. The van der Waals surface area contributed by atoms with Gasteiger partial charge in [0.05, 0.1) is 5.41 Å². The summed E-state index contributed by atoms with van der Waals surface area (Å²) < 4.78 is 14.0. The van der Waals surface area contributed by atoms with Crippen LogP contribution in [0.15, 0.2) is 18.2 Å². The van der Waals surface area contributed by atoms with Gasteiger partial charge in [-0.15, -0.1) is 0 Å². The number of benzene rings is 1. The molecule has 1 N–H and O–H groups in total. The van der Waals surface area contributed by atoms with Gasteiger partial charge in [-0.25, -0.2) is 4.39 Å². The summed E-state index contributed by atoms with van der Waals surface area (Å²) in [7, 11) is 0. The van der Waals surface area contributed by atoms with Crippen molar-refractivity contribution in [1.82, 2.24) is 4.90 Å². The van der Waals surface area contributed by atoms with Crippen molar-refractivity contribution in [2.45, 2.75) is 32.6 Å². The van der Waals surface area contributed by atoms with E-state index >= 15 is 0 Å². The minimum atomic E-state index is -1.17. The maximum Gasteiger partial charge on any atom is 0.323 e. The van der Waals surface area contributed by atoms with Crippen molar-refractivity contribution >= 4 is 23.5 Å². The van der Waals surface area contributed by atoms with E-state index in [1.807, 2.05) is 6.92 Å². The predicted octanol–water partition coefficient (Wildman–Crippen LogP) is 3.08. The third-order valence-corrected chi connectivity index (χ3v) is 3.48. The van der Waals surface area contributed by atoms with Gasteiger partial charge in [-0.3, -0.25) is 9.59 Å². The molecule has 0 spiro atoms. The van der Waals surface area contributed by atoms with E-state index in [9.17, 15) is 14.0 Å². The van der Waals surface area contributed by atoms with Crippen molar-refractivity contribution in [2.75, 3.05) is 13.1 Å². The highest BCUT2D eigenvalue weighted by Gasteiger charge is 2.36. The summed E-state index contributed by atoms with van der Waals surface area (Å²) in [5, 5.41) is 9.15. The molecule has 0 radical (unpaired) electrons. The zero-order chi connectivity index (χ0) is 16.2. The molecule has 0 bridgehead atoms. The third kappa shape index (κ3) is 4.17. The molecule has 1 rings (SSSR count). The highest BCUT2D eigenvalue weighted by molar-refractivity contribution is 6.30. The molecule has 0 aliphatic heterocycles. The first-order valence-corrected chi connectivity index (χ1v) is 7.04. The van der Waals surface area contributed by atoms with Crippen LogP contribution in [0.2, 0.25) is 5.02 Å². The number of amides is 1. The largest absolute Gasteiger partial charge is 0.480 e. The molecular formula is C15H19ClFNO3. The van der Waals surface area contributed by atoms with Gasteiger partial charge in [-0.1, -0.05) is 24.6 Å². The highest BCUT2D eigenvalue weighted by atomic mass is 35.5. The third-order valence-electron chi connectivity index (χ3n) is 3.25. The smallest absolute Gasteiger partial charge is 0.323 e. The summed E-state index contributed by atoms with van der Waals surface area (Å²) in [4.78, 5) is 24.7. The van der Waals surface area contributed by atoms with E-state index in [1.165, 1.54) is 17.0 Å². The van der Waals surface area contributed by atoms with Gasteiger partial charge < -0.3 is 10.0 Å². The number of hydrogen-bond acceptors (Lipinski definition) is 2. The van der Waals surface area contributed by atoms with E-state index in [1.54, 1.807) is 13.8 Å². The molecule has 6 heteroatoms. The molecule has 0 unspecified atom stereocenters. The fourth-order valence-electron chi connectivity index (χ4n) is 2.19. The Labute approximate surface area is 128 Å². The number of rotatable bonds is 6. The first kappa shape index (κ1) is 17.4. The summed E-state index contributed by atoms with van der Waals surface area (Å²) >= 11 is 5.71. The van der Waals surface area contributed by atoms with Gasteiger partial charge >= 0.3 is 5.97 Å².